The largest absolute Gasteiger partial charge is 0.480 e. The van der Waals surface area contributed by atoms with Crippen molar-refractivity contribution in [3.05, 3.63) is 41.7 Å². The second-order valence-corrected chi connectivity index (χ2v) is 5.06. The highest BCUT2D eigenvalue weighted by Crippen LogP contribution is 2.31. The van der Waals surface area contributed by atoms with Gasteiger partial charge in [0.1, 0.15) is 11.9 Å². The van der Waals surface area contributed by atoms with Crippen molar-refractivity contribution in [1.29, 1.82) is 0 Å². The molecule has 2 heterocycles. The predicted molar refractivity (Wildman–Crippen MR) is 72.0 cm³/mol. The van der Waals surface area contributed by atoms with Crippen LogP contribution in [0.4, 0.5) is 0 Å². The van der Waals surface area contributed by atoms with E-state index in [0.29, 0.717) is 6.42 Å². The van der Waals surface area contributed by atoms with E-state index in [1.54, 1.807) is 0 Å². The SMILES string of the molecule is Cc1ccc(-c2ncc3n2C(C(=O)O)CCC3)cc1. The third kappa shape index (κ3) is 2.03. The first kappa shape index (κ1) is 12.0. The maximum absolute atomic E-state index is 11.4. The molecule has 1 N–H and O–H groups in total. The molecule has 3 rings (SSSR count). The first-order valence-corrected chi connectivity index (χ1v) is 6.53. The highest BCUT2D eigenvalue weighted by Gasteiger charge is 2.28. The molecule has 0 fully saturated rings. The van der Waals surface area contributed by atoms with Crippen molar-refractivity contribution in [2.24, 2.45) is 0 Å². The van der Waals surface area contributed by atoms with Crippen LogP contribution in [0, 0.1) is 6.92 Å². The van der Waals surface area contributed by atoms with Crippen LogP contribution in [0.1, 0.15) is 30.1 Å². The van der Waals surface area contributed by atoms with Gasteiger partial charge in [0.05, 0.1) is 0 Å². The third-order valence-electron chi connectivity index (χ3n) is 3.69. The smallest absolute Gasteiger partial charge is 0.326 e. The number of carboxylic acids is 1. The number of hydrogen-bond acceptors (Lipinski definition) is 2. The van der Waals surface area contributed by atoms with E-state index < -0.39 is 12.0 Å². The van der Waals surface area contributed by atoms with Crippen molar-refractivity contribution in [3.8, 4) is 11.4 Å². The van der Waals surface area contributed by atoms with Gasteiger partial charge in [0, 0.05) is 17.5 Å². The maximum Gasteiger partial charge on any atom is 0.326 e. The number of aromatic nitrogens is 2. The Morgan fingerprint density at radius 2 is 2.11 bits per heavy atom. The Morgan fingerprint density at radius 1 is 1.37 bits per heavy atom. The first-order chi connectivity index (χ1) is 9.16. The van der Waals surface area contributed by atoms with Gasteiger partial charge >= 0.3 is 5.97 Å². The van der Waals surface area contributed by atoms with Gasteiger partial charge in [-0.1, -0.05) is 29.8 Å². The molecular weight excluding hydrogens is 240 g/mol. The molecule has 0 saturated heterocycles. The second kappa shape index (κ2) is 4.53. The van der Waals surface area contributed by atoms with Crippen molar-refractivity contribution >= 4 is 5.97 Å². The molecule has 2 aromatic rings. The molecule has 1 unspecified atom stereocenters. The summed E-state index contributed by atoms with van der Waals surface area (Å²) in [6, 6.07) is 7.56. The Balaban J connectivity index is 2.11. The van der Waals surface area contributed by atoms with E-state index in [1.807, 2.05) is 42.0 Å². The lowest BCUT2D eigenvalue weighted by molar-refractivity contribution is -0.141. The molecule has 1 aliphatic rings. The summed E-state index contributed by atoms with van der Waals surface area (Å²) in [4.78, 5) is 15.8. The van der Waals surface area contributed by atoms with Gasteiger partial charge in [-0.3, -0.25) is 0 Å². The van der Waals surface area contributed by atoms with E-state index in [2.05, 4.69) is 4.98 Å². The van der Waals surface area contributed by atoms with Crippen LogP contribution in [0.3, 0.4) is 0 Å². The molecule has 0 aliphatic carbocycles. The van der Waals surface area contributed by atoms with Crippen molar-refractivity contribution in [1.82, 2.24) is 9.55 Å². The molecule has 0 amide bonds. The number of carbonyl (C=O) groups is 1. The summed E-state index contributed by atoms with van der Waals surface area (Å²) in [6.45, 7) is 2.03. The Hall–Kier alpha value is -2.10. The van der Waals surface area contributed by atoms with Gasteiger partial charge in [0.2, 0.25) is 0 Å². The van der Waals surface area contributed by atoms with Gasteiger partial charge in [-0.15, -0.1) is 0 Å². The fourth-order valence-corrected chi connectivity index (χ4v) is 2.68. The number of benzene rings is 1. The molecule has 4 heteroatoms. The normalized spacial score (nSPS) is 18.1. The molecule has 4 nitrogen and oxygen atoms in total. The van der Waals surface area contributed by atoms with E-state index in [0.717, 1.165) is 29.9 Å². The summed E-state index contributed by atoms with van der Waals surface area (Å²) < 4.78 is 1.89. The van der Waals surface area contributed by atoms with Gasteiger partial charge in [0.15, 0.2) is 0 Å². The molecule has 0 saturated carbocycles. The van der Waals surface area contributed by atoms with Crippen molar-refractivity contribution in [2.75, 3.05) is 0 Å². The zero-order valence-electron chi connectivity index (χ0n) is 10.8. The van der Waals surface area contributed by atoms with Crippen LogP contribution in [0.25, 0.3) is 11.4 Å². The molecule has 1 aliphatic heterocycles. The van der Waals surface area contributed by atoms with Crippen molar-refractivity contribution in [2.45, 2.75) is 32.2 Å². The number of aryl methyl sites for hydroxylation is 2. The summed E-state index contributed by atoms with van der Waals surface area (Å²) in [6.07, 6.45) is 4.31. The molecule has 98 valence electrons. The van der Waals surface area contributed by atoms with Gasteiger partial charge in [0.25, 0.3) is 0 Å². The predicted octanol–water partition coefficient (Wildman–Crippen LogP) is 2.82. The Labute approximate surface area is 111 Å². The Kier molecular flexibility index (Phi) is 2.85. The number of rotatable bonds is 2. The van der Waals surface area contributed by atoms with Crippen molar-refractivity contribution < 1.29 is 9.90 Å². The molecule has 0 bridgehead atoms. The Bertz CT molecular complexity index is 614. The van der Waals surface area contributed by atoms with Crippen LogP contribution < -0.4 is 0 Å². The molecular formula is C15H16N2O2. The summed E-state index contributed by atoms with van der Waals surface area (Å²) >= 11 is 0. The lowest BCUT2D eigenvalue weighted by Gasteiger charge is -2.24. The highest BCUT2D eigenvalue weighted by molar-refractivity contribution is 5.74. The van der Waals surface area contributed by atoms with E-state index in [1.165, 1.54) is 5.56 Å². The topological polar surface area (TPSA) is 55.1 Å². The summed E-state index contributed by atoms with van der Waals surface area (Å²) in [5.41, 5.74) is 3.18. The van der Waals surface area contributed by atoms with Gasteiger partial charge in [-0.25, -0.2) is 9.78 Å². The van der Waals surface area contributed by atoms with Crippen LogP contribution >= 0.6 is 0 Å². The standard InChI is InChI=1S/C15H16N2O2/c1-10-5-7-11(8-6-10)14-16-9-12-3-2-4-13(15(18)19)17(12)14/h5-9,13H,2-4H2,1H3,(H,18,19). The van der Waals surface area contributed by atoms with Crippen LogP contribution in [-0.2, 0) is 11.2 Å². The molecule has 0 radical (unpaired) electrons. The van der Waals surface area contributed by atoms with E-state index >= 15 is 0 Å². The highest BCUT2D eigenvalue weighted by atomic mass is 16.4. The lowest BCUT2D eigenvalue weighted by atomic mass is 10.0. The van der Waals surface area contributed by atoms with E-state index in [-0.39, 0.29) is 0 Å². The maximum atomic E-state index is 11.4. The van der Waals surface area contributed by atoms with E-state index in [9.17, 15) is 9.90 Å². The average molecular weight is 256 g/mol. The minimum absolute atomic E-state index is 0.484. The van der Waals surface area contributed by atoms with Gasteiger partial charge in [-0.2, -0.15) is 0 Å². The number of hydrogen-bond donors (Lipinski definition) is 1. The van der Waals surface area contributed by atoms with E-state index in [4.69, 9.17) is 0 Å². The van der Waals surface area contributed by atoms with Crippen LogP contribution in [-0.4, -0.2) is 20.6 Å². The number of nitrogens with zero attached hydrogens (tertiary/aromatic N) is 2. The zero-order valence-corrected chi connectivity index (χ0v) is 10.8. The molecule has 1 aromatic carbocycles. The zero-order chi connectivity index (χ0) is 13.4. The van der Waals surface area contributed by atoms with Crippen LogP contribution in [0.15, 0.2) is 30.5 Å². The number of carboxylic acid groups (broad SMARTS) is 1. The number of imidazole rings is 1. The summed E-state index contributed by atoms with van der Waals surface area (Å²) in [5, 5.41) is 9.37. The van der Waals surface area contributed by atoms with Crippen molar-refractivity contribution in [3.63, 3.8) is 0 Å². The van der Waals surface area contributed by atoms with Gasteiger partial charge in [-0.05, 0) is 26.2 Å². The fourth-order valence-electron chi connectivity index (χ4n) is 2.68. The monoisotopic (exact) mass is 256 g/mol. The first-order valence-electron chi connectivity index (χ1n) is 6.53. The molecule has 1 atom stereocenters. The number of aliphatic carboxylic acids is 1. The van der Waals surface area contributed by atoms with Gasteiger partial charge < -0.3 is 9.67 Å². The molecule has 19 heavy (non-hydrogen) atoms. The summed E-state index contributed by atoms with van der Waals surface area (Å²) in [5.74, 6) is -0.00517. The lowest BCUT2D eigenvalue weighted by Crippen LogP contribution is -2.25. The third-order valence-corrected chi connectivity index (χ3v) is 3.69. The summed E-state index contributed by atoms with van der Waals surface area (Å²) in [7, 11) is 0. The molecule has 1 aromatic heterocycles. The number of fused-ring (bicyclic) bond motifs is 1. The Morgan fingerprint density at radius 3 is 2.79 bits per heavy atom. The minimum Gasteiger partial charge on any atom is -0.480 e. The second-order valence-electron chi connectivity index (χ2n) is 5.06. The fraction of sp³-hybridized carbons (Fsp3) is 0.333. The van der Waals surface area contributed by atoms with Crippen LogP contribution in [0.5, 0.6) is 0 Å². The quantitative estimate of drug-likeness (QED) is 0.898. The molecule has 0 spiro atoms. The average Bonchev–Trinajstić information content (AvgIpc) is 2.83. The minimum atomic E-state index is -0.771. The van der Waals surface area contributed by atoms with Crippen LogP contribution in [0.2, 0.25) is 0 Å².